The zero-order valence-electron chi connectivity index (χ0n) is 27.1. The summed E-state index contributed by atoms with van der Waals surface area (Å²) in [4.78, 5) is 70.2. The Balaban J connectivity index is 1.24. The molecule has 5 atom stereocenters. The van der Waals surface area contributed by atoms with Gasteiger partial charge in [0.1, 0.15) is 37.0 Å². The number of alkyl halides is 1. The lowest BCUT2D eigenvalue weighted by Crippen LogP contribution is -2.58. The van der Waals surface area contributed by atoms with Gasteiger partial charge in [0.25, 0.3) is 5.91 Å². The Morgan fingerprint density at radius 1 is 1.04 bits per heavy atom. The van der Waals surface area contributed by atoms with Gasteiger partial charge in [0.15, 0.2) is 0 Å². The Morgan fingerprint density at radius 2 is 1.78 bits per heavy atom. The number of nitrogens with zero attached hydrogens (tertiary/aromatic N) is 2. The largest absolute Gasteiger partial charge is 0.447 e. The number of allylic oxidation sites excluding steroid dienone is 1. The van der Waals surface area contributed by atoms with E-state index in [1.807, 2.05) is 36.4 Å². The van der Waals surface area contributed by atoms with E-state index in [4.69, 9.17) is 9.47 Å². The van der Waals surface area contributed by atoms with Crippen LogP contribution in [0.3, 0.4) is 0 Å². The van der Waals surface area contributed by atoms with Crippen LogP contribution < -0.4 is 15.4 Å². The number of ether oxygens (including phenoxy) is 2. The third-order valence-electron chi connectivity index (χ3n) is 9.81. The summed E-state index contributed by atoms with van der Waals surface area (Å²) in [5, 5.41) is 4.63. The zero-order valence-corrected chi connectivity index (χ0v) is 27.9. The fraction of sp³-hybridized carbons (Fsp3) is 0.606. The second-order valence-electron chi connectivity index (χ2n) is 13.4. The van der Waals surface area contributed by atoms with Crippen LogP contribution in [0.4, 0.5) is 14.0 Å². The van der Waals surface area contributed by atoms with Gasteiger partial charge in [-0.15, -0.1) is 0 Å². The first-order chi connectivity index (χ1) is 23.5. The molecule has 1 saturated heterocycles. The quantitative estimate of drug-likeness (QED) is 0.359. The average molecular weight is 704 g/mol. The van der Waals surface area contributed by atoms with E-state index in [2.05, 4.69) is 15.4 Å². The summed E-state index contributed by atoms with van der Waals surface area (Å²) in [7, 11) is -3.91. The number of halogens is 1. The van der Waals surface area contributed by atoms with Gasteiger partial charge in [0.2, 0.25) is 21.8 Å². The van der Waals surface area contributed by atoms with E-state index in [1.54, 1.807) is 0 Å². The number of fused-ring (bicyclic) bond motifs is 3. The van der Waals surface area contributed by atoms with Crippen LogP contribution in [0.15, 0.2) is 36.4 Å². The highest BCUT2D eigenvalue weighted by atomic mass is 32.2. The lowest BCUT2D eigenvalue weighted by Gasteiger charge is -2.29. The Kier molecular flexibility index (Phi) is 10.1. The molecule has 0 radical (unpaired) electrons. The Hall–Kier alpha value is -4.21. The summed E-state index contributed by atoms with van der Waals surface area (Å²) in [6, 6.07) is 5.27. The van der Waals surface area contributed by atoms with Crippen molar-refractivity contribution >= 4 is 39.9 Å². The number of hydrogen-bond donors (Lipinski definition) is 3. The molecule has 3 heterocycles. The molecule has 1 aromatic carbocycles. The SMILES string of the molecule is O=C(N[C@H]1CCCCC/C=C\[C@@H]2C[C@@]2(C(=O)NS(=O)(=O)C2CC2)NC(=O)[C@@H]2C[C@@H](OC(=O)N3Cc4ccccc4C3)CN2C1=O)OCCF. The Morgan fingerprint density at radius 3 is 2.47 bits per heavy atom. The van der Waals surface area contributed by atoms with E-state index < -0.39 is 88.1 Å². The predicted octanol–water partition coefficient (Wildman–Crippen LogP) is 2.18. The van der Waals surface area contributed by atoms with E-state index >= 15 is 0 Å². The number of rotatable bonds is 7. The number of alkyl carbamates (subject to hydrolysis) is 1. The molecule has 14 nitrogen and oxygen atoms in total. The molecule has 5 aliphatic rings. The minimum Gasteiger partial charge on any atom is -0.447 e. The molecular weight excluding hydrogens is 661 g/mol. The first kappa shape index (κ1) is 34.6. The molecule has 3 N–H and O–H groups in total. The number of carbonyl (C=O) groups excluding carboxylic acids is 5. The van der Waals surface area contributed by atoms with Crippen molar-refractivity contribution in [1.82, 2.24) is 25.2 Å². The second kappa shape index (κ2) is 14.3. The van der Waals surface area contributed by atoms with Crippen molar-refractivity contribution in [2.75, 3.05) is 19.8 Å². The molecule has 0 bridgehead atoms. The number of hydrogen-bond acceptors (Lipinski definition) is 9. The molecule has 0 spiro atoms. The number of carbonyl (C=O) groups is 5. The summed E-state index contributed by atoms with van der Waals surface area (Å²) in [6.07, 6.45) is 5.01. The van der Waals surface area contributed by atoms with Crippen LogP contribution in [0.5, 0.6) is 0 Å². The zero-order chi connectivity index (χ0) is 34.8. The highest BCUT2D eigenvalue weighted by Crippen LogP contribution is 2.46. The van der Waals surface area contributed by atoms with Gasteiger partial charge in [-0.05, 0) is 49.7 Å². The third kappa shape index (κ3) is 7.84. The van der Waals surface area contributed by atoms with Crippen LogP contribution in [0.1, 0.15) is 68.9 Å². The van der Waals surface area contributed by atoms with Gasteiger partial charge < -0.3 is 25.0 Å². The molecule has 1 aromatic rings. The van der Waals surface area contributed by atoms with Gasteiger partial charge in [-0.1, -0.05) is 49.3 Å². The first-order valence-corrected chi connectivity index (χ1v) is 18.4. The molecule has 0 unspecified atom stereocenters. The summed E-state index contributed by atoms with van der Waals surface area (Å²) in [5.41, 5.74) is 0.429. The maximum absolute atomic E-state index is 14.1. The second-order valence-corrected chi connectivity index (χ2v) is 15.4. The van der Waals surface area contributed by atoms with E-state index in [-0.39, 0.29) is 25.8 Å². The van der Waals surface area contributed by atoms with E-state index in [0.29, 0.717) is 45.2 Å². The van der Waals surface area contributed by atoms with Crippen LogP contribution in [0, 0.1) is 5.92 Å². The Bertz CT molecular complexity index is 1590. The minimum absolute atomic E-state index is 0.0955. The lowest BCUT2D eigenvalue weighted by atomic mass is 10.1. The van der Waals surface area contributed by atoms with Crippen LogP contribution in [-0.2, 0) is 47.0 Å². The Labute approximate surface area is 284 Å². The maximum atomic E-state index is 14.1. The van der Waals surface area contributed by atoms with E-state index in [9.17, 15) is 36.8 Å². The molecule has 6 rings (SSSR count). The van der Waals surface area contributed by atoms with Crippen molar-refractivity contribution in [1.29, 1.82) is 0 Å². The normalized spacial score (nSPS) is 29.2. The molecule has 3 fully saturated rings. The average Bonchev–Trinajstić information content (AvgIpc) is 3.96. The van der Waals surface area contributed by atoms with Gasteiger partial charge in [0.05, 0.1) is 11.8 Å². The van der Waals surface area contributed by atoms with Crippen molar-refractivity contribution in [2.24, 2.45) is 5.92 Å². The number of sulfonamides is 1. The molecular formula is C33H42FN5O9S. The predicted molar refractivity (Wildman–Crippen MR) is 172 cm³/mol. The van der Waals surface area contributed by atoms with Crippen molar-refractivity contribution in [3.05, 3.63) is 47.5 Å². The molecule has 16 heteroatoms. The number of nitrogens with one attached hydrogen (secondary N) is 3. The molecule has 49 heavy (non-hydrogen) atoms. The van der Waals surface area contributed by atoms with Gasteiger partial charge in [-0.2, -0.15) is 0 Å². The van der Waals surface area contributed by atoms with Crippen molar-refractivity contribution in [3.8, 4) is 0 Å². The fourth-order valence-corrected chi connectivity index (χ4v) is 8.21. The van der Waals surface area contributed by atoms with Crippen molar-refractivity contribution in [2.45, 2.75) is 99.9 Å². The topological polar surface area (TPSA) is 181 Å². The summed E-state index contributed by atoms with van der Waals surface area (Å²) >= 11 is 0. The van der Waals surface area contributed by atoms with Crippen molar-refractivity contribution in [3.63, 3.8) is 0 Å². The van der Waals surface area contributed by atoms with Crippen LogP contribution in [0.25, 0.3) is 0 Å². The van der Waals surface area contributed by atoms with Crippen LogP contribution in [0.2, 0.25) is 0 Å². The lowest BCUT2D eigenvalue weighted by molar-refractivity contribution is -0.141. The molecule has 266 valence electrons. The summed E-state index contributed by atoms with van der Waals surface area (Å²) < 4.78 is 50.9. The molecule has 2 aliphatic carbocycles. The highest BCUT2D eigenvalue weighted by molar-refractivity contribution is 7.91. The monoisotopic (exact) mass is 703 g/mol. The first-order valence-electron chi connectivity index (χ1n) is 16.9. The van der Waals surface area contributed by atoms with Gasteiger partial charge >= 0.3 is 12.2 Å². The molecule has 0 aromatic heterocycles. The molecule has 2 saturated carbocycles. The van der Waals surface area contributed by atoms with Crippen LogP contribution >= 0.6 is 0 Å². The minimum atomic E-state index is -3.91. The van der Waals surface area contributed by atoms with Gasteiger partial charge in [-0.25, -0.2) is 22.4 Å². The van der Waals surface area contributed by atoms with Gasteiger partial charge in [0, 0.05) is 25.4 Å². The van der Waals surface area contributed by atoms with Crippen LogP contribution in [-0.4, -0.2) is 96.9 Å². The maximum Gasteiger partial charge on any atom is 0.410 e. The highest BCUT2D eigenvalue weighted by Gasteiger charge is 2.62. The summed E-state index contributed by atoms with van der Waals surface area (Å²) in [6.45, 7) is -0.871. The van der Waals surface area contributed by atoms with Crippen molar-refractivity contribution < 1.29 is 46.3 Å². The molecule has 5 amide bonds. The number of benzene rings is 1. The van der Waals surface area contributed by atoms with Gasteiger partial charge in [-0.3, -0.25) is 24.0 Å². The fourth-order valence-electron chi connectivity index (χ4n) is 6.84. The standard InChI is InChI=1S/C33H42FN5O9S/c34-14-15-47-31(43)35-26-11-5-3-1-2-4-10-23-17-33(23,30(42)37-49(45,46)25-12-13-25)36-28(40)27-16-24(20-39(27)29(26)41)48-32(44)38-18-21-8-6-7-9-22(21)19-38/h4,6-10,23-27H,1-3,5,11-20H2,(H,35,43)(H,36,40)(H,37,42)/b10-4-/t23-,24-,26+,27+,33-/m1/s1. The summed E-state index contributed by atoms with van der Waals surface area (Å²) in [5.74, 6) is -2.65. The smallest absolute Gasteiger partial charge is 0.410 e. The van der Waals surface area contributed by atoms with E-state index in [1.165, 1.54) is 9.80 Å². The number of amides is 5. The third-order valence-corrected chi connectivity index (χ3v) is 11.6. The van der Waals surface area contributed by atoms with E-state index in [0.717, 1.165) is 17.5 Å². The molecule has 3 aliphatic heterocycles.